The average molecular weight is 258 g/mol. The lowest BCUT2D eigenvalue weighted by Gasteiger charge is -2.09. The predicted molar refractivity (Wildman–Crippen MR) is 64.4 cm³/mol. The standard InChI is InChI=1S/C11H16BFO5/c1-16-4-5-17-6-7-18-11-8-9(12(14)15)2-3-10(11)13/h2-3,8,14-15H,4-7H2,1H3. The molecule has 100 valence electrons. The number of rotatable bonds is 8. The van der Waals surface area contributed by atoms with E-state index in [1.54, 1.807) is 7.11 Å². The van der Waals surface area contributed by atoms with Crippen LogP contribution in [0.5, 0.6) is 5.75 Å². The largest absolute Gasteiger partial charge is 0.488 e. The summed E-state index contributed by atoms with van der Waals surface area (Å²) in [4.78, 5) is 0. The molecule has 0 saturated carbocycles. The molecule has 0 saturated heterocycles. The van der Waals surface area contributed by atoms with E-state index in [-0.39, 0.29) is 17.8 Å². The van der Waals surface area contributed by atoms with E-state index >= 15 is 0 Å². The Hall–Kier alpha value is -1.15. The van der Waals surface area contributed by atoms with Crippen LogP contribution in [0.15, 0.2) is 18.2 Å². The molecule has 0 aliphatic rings. The van der Waals surface area contributed by atoms with E-state index < -0.39 is 12.9 Å². The number of hydrogen-bond acceptors (Lipinski definition) is 5. The molecule has 0 spiro atoms. The lowest BCUT2D eigenvalue weighted by atomic mass is 9.80. The molecule has 1 aromatic rings. The summed E-state index contributed by atoms with van der Waals surface area (Å²) in [7, 11) is -0.0769. The Morgan fingerprint density at radius 3 is 2.56 bits per heavy atom. The second kappa shape index (κ2) is 8.04. The highest BCUT2D eigenvalue weighted by molar-refractivity contribution is 6.58. The van der Waals surface area contributed by atoms with Gasteiger partial charge in [0, 0.05) is 7.11 Å². The minimum atomic E-state index is -1.65. The average Bonchev–Trinajstić information content (AvgIpc) is 2.35. The van der Waals surface area contributed by atoms with Gasteiger partial charge in [0.25, 0.3) is 0 Å². The molecule has 0 bridgehead atoms. The summed E-state index contributed by atoms with van der Waals surface area (Å²) >= 11 is 0. The van der Waals surface area contributed by atoms with Gasteiger partial charge in [0.2, 0.25) is 0 Å². The highest BCUT2D eigenvalue weighted by Gasteiger charge is 2.14. The molecule has 18 heavy (non-hydrogen) atoms. The van der Waals surface area contributed by atoms with Crippen LogP contribution in [0.2, 0.25) is 0 Å². The molecule has 0 amide bonds. The first-order chi connectivity index (χ1) is 8.65. The first-order valence-corrected chi connectivity index (χ1v) is 5.50. The maximum Gasteiger partial charge on any atom is 0.488 e. The summed E-state index contributed by atoms with van der Waals surface area (Å²) in [6.45, 7) is 1.40. The van der Waals surface area contributed by atoms with Gasteiger partial charge >= 0.3 is 7.12 Å². The van der Waals surface area contributed by atoms with Gasteiger partial charge in [-0.05, 0) is 17.6 Å². The lowest BCUT2D eigenvalue weighted by molar-refractivity contribution is 0.0538. The van der Waals surface area contributed by atoms with Gasteiger partial charge in [0.05, 0.1) is 19.8 Å². The molecule has 0 aromatic heterocycles. The van der Waals surface area contributed by atoms with Crippen molar-refractivity contribution < 1.29 is 28.6 Å². The Morgan fingerprint density at radius 2 is 1.89 bits per heavy atom. The van der Waals surface area contributed by atoms with Crippen LogP contribution in [-0.2, 0) is 9.47 Å². The van der Waals surface area contributed by atoms with Gasteiger partial charge in [0.15, 0.2) is 11.6 Å². The van der Waals surface area contributed by atoms with Crippen molar-refractivity contribution in [3.8, 4) is 5.75 Å². The highest BCUT2D eigenvalue weighted by atomic mass is 19.1. The van der Waals surface area contributed by atoms with Crippen molar-refractivity contribution in [2.45, 2.75) is 0 Å². The van der Waals surface area contributed by atoms with Gasteiger partial charge < -0.3 is 24.3 Å². The van der Waals surface area contributed by atoms with Gasteiger partial charge in [-0.1, -0.05) is 6.07 Å². The third-order valence-electron chi connectivity index (χ3n) is 2.17. The molecule has 0 atom stereocenters. The molecule has 0 aliphatic carbocycles. The molecule has 0 fully saturated rings. The molecule has 1 aromatic carbocycles. The smallest absolute Gasteiger partial charge is 0.488 e. The summed E-state index contributed by atoms with van der Waals surface area (Å²) < 4.78 is 28.4. The van der Waals surface area contributed by atoms with E-state index in [1.165, 1.54) is 12.1 Å². The lowest BCUT2D eigenvalue weighted by Crippen LogP contribution is -2.30. The van der Waals surface area contributed by atoms with E-state index in [0.717, 1.165) is 6.07 Å². The molecule has 0 radical (unpaired) electrons. The fraction of sp³-hybridized carbons (Fsp3) is 0.455. The first kappa shape index (κ1) is 14.9. The Balaban J connectivity index is 2.39. The molecule has 1 rings (SSSR count). The van der Waals surface area contributed by atoms with Crippen molar-refractivity contribution >= 4 is 12.6 Å². The summed E-state index contributed by atoms with van der Waals surface area (Å²) in [5, 5.41) is 17.9. The predicted octanol–water partition coefficient (Wildman–Crippen LogP) is -0.453. The highest BCUT2D eigenvalue weighted by Crippen LogP contribution is 2.14. The normalized spacial score (nSPS) is 10.4. The van der Waals surface area contributed by atoms with Crippen LogP contribution in [0.25, 0.3) is 0 Å². The van der Waals surface area contributed by atoms with Crippen LogP contribution in [0.4, 0.5) is 4.39 Å². The van der Waals surface area contributed by atoms with Crippen LogP contribution >= 0.6 is 0 Å². The minimum Gasteiger partial charge on any atom is -0.488 e. The summed E-state index contributed by atoms with van der Waals surface area (Å²) in [5.41, 5.74) is 0.173. The van der Waals surface area contributed by atoms with Crippen LogP contribution in [-0.4, -0.2) is 50.7 Å². The van der Waals surface area contributed by atoms with Crippen molar-refractivity contribution in [3.63, 3.8) is 0 Å². The van der Waals surface area contributed by atoms with Crippen LogP contribution in [0.3, 0.4) is 0 Å². The Morgan fingerprint density at radius 1 is 1.17 bits per heavy atom. The van der Waals surface area contributed by atoms with Crippen molar-refractivity contribution in [1.29, 1.82) is 0 Å². The zero-order valence-corrected chi connectivity index (χ0v) is 10.1. The molecule has 7 heteroatoms. The Labute approximate surface area is 105 Å². The number of halogens is 1. The SMILES string of the molecule is COCCOCCOc1cc(B(O)O)ccc1F. The fourth-order valence-corrected chi connectivity index (χ4v) is 1.25. The molecule has 0 aliphatic heterocycles. The second-order valence-corrected chi connectivity index (χ2v) is 3.52. The second-order valence-electron chi connectivity index (χ2n) is 3.52. The van der Waals surface area contributed by atoms with E-state index in [2.05, 4.69) is 0 Å². The summed E-state index contributed by atoms with van der Waals surface area (Å²) in [6, 6.07) is 3.65. The van der Waals surface area contributed by atoms with Crippen molar-refractivity contribution in [1.82, 2.24) is 0 Å². The summed E-state index contributed by atoms with van der Waals surface area (Å²) in [6.07, 6.45) is 0. The number of methoxy groups -OCH3 is 1. The van der Waals surface area contributed by atoms with Crippen molar-refractivity contribution in [3.05, 3.63) is 24.0 Å². The van der Waals surface area contributed by atoms with Gasteiger partial charge in [-0.25, -0.2) is 4.39 Å². The Bertz CT molecular complexity index is 361. The van der Waals surface area contributed by atoms with Crippen LogP contribution in [0.1, 0.15) is 0 Å². The number of hydrogen-bond donors (Lipinski definition) is 2. The fourth-order valence-electron chi connectivity index (χ4n) is 1.25. The zero-order valence-electron chi connectivity index (χ0n) is 10.1. The summed E-state index contributed by atoms with van der Waals surface area (Å²) in [5.74, 6) is -0.591. The Kier molecular flexibility index (Phi) is 6.67. The van der Waals surface area contributed by atoms with Crippen LogP contribution in [0, 0.1) is 5.82 Å². The molecule has 0 unspecified atom stereocenters. The van der Waals surface area contributed by atoms with E-state index in [4.69, 9.17) is 24.3 Å². The third-order valence-corrected chi connectivity index (χ3v) is 2.17. The first-order valence-electron chi connectivity index (χ1n) is 5.50. The molecule has 5 nitrogen and oxygen atoms in total. The van der Waals surface area contributed by atoms with Gasteiger partial charge in [-0.3, -0.25) is 0 Å². The van der Waals surface area contributed by atoms with E-state index in [9.17, 15) is 4.39 Å². The molecular formula is C11H16BFO5. The number of benzene rings is 1. The molecule has 0 heterocycles. The van der Waals surface area contributed by atoms with E-state index in [1.807, 2.05) is 0 Å². The van der Waals surface area contributed by atoms with Crippen molar-refractivity contribution in [2.75, 3.05) is 33.5 Å². The quantitative estimate of drug-likeness (QED) is 0.488. The molecular weight excluding hydrogens is 242 g/mol. The zero-order chi connectivity index (χ0) is 13.4. The maximum atomic E-state index is 13.3. The molecule has 2 N–H and O–H groups in total. The third kappa shape index (κ3) is 5.01. The maximum absolute atomic E-state index is 13.3. The van der Waals surface area contributed by atoms with Crippen molar-refractivity contribution in [2.24, 2.45) is 0 Å². The minimum absolute atomic E-state index is 0.0315. The van der Waals surface area contributed by atoms with Crippen LogP contribution < -0.4 is 10.2 Å². The van der Waals surface area contributed by atoms with Gasteiger partial charge in [0.1, 0.15) is 6.61 Å². The monoisotopic (exact) mass is 258 g/mol. The number of ether oxygens (including phenoxy) is 3. The topological polar surface area (TPSA) is 68.2 Å². The van der Waals surface area contributed by atoms with Gasteiger partial charge in [-0.2, -0.15) is 0 Å². The van der Waals surface area contributed by atoms with E-state index in [0.29, 0.717) is 19.8 Å². The van der Waals surface area contributed by atoms with Gasteiger partial charge in [-0.15, -0.1) is 0 Å².